The molecule has 2 aromatic rings. The fourth-order valence-corrected chi connectivity index (χ4v) is 1.79. The van der Waals surface area contributed by atoms with Crippen molar-refractivity contribution in [3.05, 3.63) is 66.0 Å². The molecule has 1 aromatic heterocycles. The molecule has 1 aromatic carbocycles. The predicted molar refractivity (Wildman–Crippen MR) is 106 cm³/mol. The van der Waals surface area contributed by atoms with E-state index in [-0.39, 0.29) is 24.0 Å². The average molecular weight is 420 g/mol. The van der Waals surface area contributed by atoms with Gasteiger partial charge in [-0.05, 0) is 31.2 Å². The fourth-order valence-electron chi connectivity index (χ4n) is 1.79. The van der Waals surface area contributed by atoms with Gasteiger partial charge in [0.15, 0.2) is 5.96 Å². The van der Waals surface area contributed by atoms with E-state index in [2.05, 4.69) is 32.5 Å². The van der Waals surface area contributed by atoms with E-state index < -0.39 is 0 Å². The molecule has 23 heavy (non-hydrogen) atoms. The second kappa shape index (κ2) is 11.5. The molecule has 0 aliphatic carbocycles. The van der Waals surface area contributed by atoms with Crippen LogP contribution in [0.4, 0.5) is 0 Å². The van der Waals surface area contributed by atoms with E-state index in [1.165, 1.54) is 0 Å². The van der Waals surface area contributed by atoms with E-state index in [1.54, 1.807) is 6.20 Å². The molecule has 0 atom stereocenters. The summed E-state index contributed by atoms with van der Waals surface area (Å²) in [5.41, 5.74) is 1.95. The summed E-state index contributed by atoms with van der Waals surface area (Å²) in [7, 11) is 0. The maximum atomic E-state index is 4.49. The number of halogens is 1. The molecule has 0 fully saturated rings. The first kappa shape index (κ1) is 19.0. The van der Waals surface area contributed by atoms with Crippen molar-refractivity contribution < 1.29 is 0 Å². The highest BCUT2D eigenvalue weighted by atomic mass is 127. The Morgan fingerprint density at radius 1 is 1.09 bits per heavy atom. The van der Waals surface area contributed by atoms with Crippen molar-refractivity contribution in [1.29, 1.82) is 0 Å². The lowest BCUT2D eigenvalue weighted by Crippen LogP contribution is -2.37. The van der Waals surface area contributed by atoms with Crippen LogP contribution in [0.5, 0.6) is 0 Å². The lowest BCUT2D eigenvalue weighted by atomic mass is 10.2. The molecule has 0 aliphatic rings. The zero-order valence-electron chi connectivity index (χ0n) is 13.1. The highest BCUT2D eigenvalue weighted by Gasteiger charge is 1.96. The van der Waals surface area contributed by atoms with Crippen LogP contribution in [-0.2, 0) is 6.54 Å². The molecular formula is C18H21IN4. The van der Waals surface area contributed by atoms with Gasteiger partial charge in [0.05, 0.1) is 18.8 Å². The van der Waals surface area contributed by atoms with Crippen LogP contribution in [0.1, 0.15) is 18.2 Å². The maximum Gasteiger partial charge on any atom is 0.192 e. The Kier molecular flexibility index (Phi) is 9.48. The monoisotopic (exact) mass is 420 g/mol. The molecule has 0 saturated carbocycles. The molecular weight excluding hydrogens is 399 g/mol. The van der Waals surface area contributed by atoms with Gasteiger partial charge in [-0.3, -0.25) is 4.98 Å². The summed E-state index contributed by atoms with van der Waals surface area (Å²) in [4.78, 5) is 8.75. The van der Waals surface area contributed by atoms with E-state index in [9.17, 15) is 0 Å². The molecule has 2 N–H and O–H groups in total. The normalized spacial score (nSPS) is 10.0. The quantitative estimate of drug-likeness (QED) is 0.346. The minimum absolute atomic E-state index is 0. The number of aliphatic imine (C=N–C) groups is 1. The van der Waals surface area contributed by atoms with Gasteiger partial charge in [0.25, 0.3) is 0 Å². The van der Waals surface area contributed by atoms with E-state index in [1.807, 2.05) is 55.5 Å². The Labute approximate surface area is 154 Å². The van der Waals surface area contributed by atoms with Crippen molar-refractivity contribution in [2.75, 3.05) is 13.1 Å². The number of pyridine rings is 1. The van der Waals surface area contributed by atoms with Gasteiger partial charge < -0.3 is 10.6 Å². The Balaban J connectivity index is 0.00000264. The summed E-state index contributed by atoms with van der Waals surface area (Å²) in [6, 6.07) is 15.8. The summed E-state index contributed by atoms with van der Waals surface area (Å²) >= 11 is 0. The van der Waals surface area contributed by atoms with E-state index in [0.29, 0.717) is 13.1 Å². The molecule has 2 rings (SSSR count). The van der Waals surface area contributed by atoms with Crippen LogP contribution in [0.15, 0.2) is 59.7 Å². The number of hydrogen-bond acceptors (Lipinski definition) is 2. The van der Waals surface area contributed by atoms with Gasteiger partial charge >= 0.3 is 0 Å². The third kappa shape index (κ3) is 7.66. The van der Waals surface area contributed by atoms with Crippen molar-refractivity contribution in [2.45, 2.75) is 13.5 Å². The zero-order valence-corrected chi connectivity index (χ0v) is 15.5. The average Bonchev–Trinajstić information content (AvgIpc) is 2.58. The van der Waals surface area contributed by atoms with Gasteiger partial charge in [0.1, 0.15) is 0 Å². The smallest absolute Gasteiger partial charge is 0.192 e. The zero-order chi connectivity index (χ0) is 15.5. The second-order valence-electron chi connectivity index (χ2n) is 4.54. The number of benzene rings is 1. The number of rotatable bonds is 4. The summed E-state index contributed by atoms with van der Waals surface area (Å²) in [5.74, 6) is 6.95. The van der Waals surface area contributed by atoms with Crippen LogP contribution in [0, 0.1) is 11.8 Å². The first-order valence-electron chi connectivity index (χ1n) is 7.34. The lowest BCUT2D eigenvalue weighted by Gasteiger charge is -2.08. The van der Waals surface area contributed by atoms with Crippen molar-refractivity contribution in [3.8, 4) is 11.8 Å². The molecule has 0 radical (unpaired) electrons. The third-order valence-electron chi connectivity index (χ3n) is 2.82. The van der Waals surface area contributed by atoms with Gasteiger partial charge in [0, 0.05) is 18.3 Å². The van der Waals surface area contributed by atoms with Gasteiger partial charge in [-0.25, -0.2) is 4.99 Å². The number of aromatic nitrogens is 1. The fraction of sp³-hybridized carbons (Fsp3) is 0.222. The van der Waals surface area contributed by atoms with E-state index in [4.69, 9.17) is 0 Å². The molecule has 120 valence electrons. The summed E-state index contributed by atoms with van der Waals surface area (Å²) < 4.78 is 0. The maximum absolute atomic E-state index is 4.49. The summed E-state index contributed by atoms with van der Waals surface area (Å²) in [5, 5.41) is 6.39. The molecule has 0 spiro atoms. The Bertz CT molecular complexity index is 645. The predicted octanol–water partition coefficient (Wildman–Crippen LogP) is 2.81. The van der Waals surface area contributed by atoms with Crippen molar-refractivity contribution >= 4 is 29.9 Å². The van der Waals surface area contributed by atoms with Crippen LogP contribution in [0.3, 0.4) is 0 Å². The van der Waals surface area contributed by atoms with Crippen LogP contribution >= 0.6 is 24.0 Å². The summed E-state index contributed by atoms with van der Waals surface area (Å²) in [6.45, 7) is 3.93. The Morgan fingerprint density at radius 3 is 2.57 bits per heavy atom. The molecule has 0 unspecified atom stereocenters. The third-order valence-corrected chi connectivity index (χ3v) is 2.82. The first-order valence-corrected chi connectivity index (χ1v) is 7.34. The minimum Gasteiger partial charge on any atom is -0.357 e. The molecule has 0 aliphatic heterocycles. The Hall–Kier alpha value is -2.07. The molecule has 0 amide bonds. The summed E-state index contributed by atoms with van der Waals surface area (Å²) in [6.07, 6.45) is 1.77. The van der Waals surface area contributed by atoms with E-state index >= 15 is 0 Å². The first-order chi connectivity index (χ1) is 10.9. The van der Waals surface area contributed by atoms with Crippen LogP contribution in [0.2, 0.25) is 0 Å². The van der Waals surface area contributed by atoms with E-state index in [0.717, 1.165) is 23.8 Å². The topological polar surface area (TPSA) is 49.3 Å². The van der Waals surface area contributed by atoms with Gasteiger partial charge in [-0.2, -0.15) is 0 Å². The SMILES string of the molecule is CCNC(=NCc1ccccn1)NCC#Cc1ccccc1.I. The molecule has 0 saturated heterocycles. The second-order valence-corrected chi connectivity index (χ2v) is 4.54. The highest BCUT2D eigenvalue weighted by Crippen LogP contribution is 1.95. The molecule has 5 heteroatoms. The number of nitrogens with one attached hydrogen (secondary N) is 2. The largest absolute Gasteiger partial charge is 0.357 e. The number of hydrogen-bond donors (Lipinski definition) is 2. The van der Waals surface area contributed by atoms with Gasteiger partial charge in [0.2, 0.25) is 0 Å². The molecule has 0 bridgehead atoms. The highest BCUT2D eigenvalue weighted by molar-refractivity contribution is 14.0. The van der Waals surface area contributed by atoms with Gasteiger partial charge in [-0.1, -0.05) is 36.1 Å². The lowest BCUT2D eigenvalue weighted by molar-refractivity contribution is 0.857. The van der Waals surface area contributed by atoms with Crippen LogP contribution in [0.25, 0.3) is 0 Å². The number of nitrogens with zero attached hydrogens (tertiary/aromatic N) is 2. The van der Waals surface area contributed by atoms with Crippen LogP contribution < -0.4 is 10.6 Å². The molecule has 1 heterocycles. The standard InChI is InChI=1S/C18H20N4.HI/c1-2-19-18(22-15-17-12-6-7-13-20-17)21-14-8-11-16-9-4-3-5-10-16;/h3-7,9-10,12-13H,2,14-15H2,1H3,(H2,19,21,22);1H. The number of guanidine groups is 1. The van der Waals surface area contributed by atoms with Gasteiger partial charge in [-0.15, -0.1) is 24.0 Å². The van der Waals surface area contributed by atoms with Crippen molar-refractivity contribution in [1.82, 2.24) is 15.6 Å². The molecule has 4 nitrogen and oxygen atoms in total. The van der Waals surface area contributed by atoms with Crippen molar-refractivity contribution in [2.24, 2.45) is 4.99 Å². The Morgan fingerprint density at radius 2 is 1.87 bits per heavy atom. The minimum atomic E-state index is 0. The van der Waals surface area contributed by atoms with Crippen molar-refractivity contribution in [3.63, 3.8) is 0 Å². The van der Waals surface area contributed by atoms with Crippen LogP contribution in [-0.4, -0.2) is 24.0 Å².